The van der Waals surface area contributed by atoms with E-state index in [9.17, 15) is 14.7 Å². The first-order chi connectivity index (χ1) is 13.1. The predicted octanol–water partition coefficient (Wildman–Crippen LogP) is 3.63. The molecule has 2 rings (SSSR count). The maximum absolute atomic E-state index is 12.1. The van der Waals surface area contributed by atoms with Gasteiger partial charge in [-0.2, -0.15) is 0 Å². The summed E-state index contributed by atoms with van der Waals surface area (Å²) in [6.45, 7) is 5.24. The van der Waals surface area contributed by atoms with Gasteiger partial charge in [-0.05, 0) is 43.9 Å². The van der Waals surface area contributed by atoms with E-state index >= 15 is 0 Å². The molecular formula is C22H27NO5. The van der Waals surface area contributed by atoms with Crippen LogP contribution in [-0.2, 0) is 16.0 Å². The van der Waals surface area contributed by atoms with Crippen LogP contribution in [0.15, 0.2) is 54.6 Å². The number of carboxylic acids is 1. The molecule has 2 atom stereocenters. The van der Waals surface area contributed by atoms with Crippen molar-refractivity contribution in [3.8, 4) is 11.1 Å². The lowest BCUT2D eigenvalue weighted by Crippen LogP contribution is -2.43. The van der Waals surface area contributed by atoms with Crippen molar-refractivity contribution in [3.63, 3.8) is 0 Å². The Morgan fingerprint density at radius 2 is 1.57 bits per heavy atom. The molecular weight excluding hydrogens is 358 g/mol. The van der Waals surface area contributed by atoms with E-state index in [-0.39, 0.29) is 6.42 Å². The summed E-state index contributed by atoms with van der Waals surface area (Å²) in [6, 6.07) is 17.2. The van der Waals surface area contributed by atoms with Crippen LogP contribution in [0, 0.1) is 0 Å². The van der Waals surface area contributed by atoms with Crippen LogP contribution in [0.3, 0.4) is 0 Å². The molecule has 0 unspecified atom stereocenters. The van der Waals surface area contributed by atoms with Gasteiger partial charge in [-0.15, -0.1) is 0 Å². The number of aliphatic carboxylic acids is 1. The van der Waals surface area contributed by atoms with E-state index in [4.69, 9.17) is 9.84 Å². The van der Waals surface area contributed by atoms with Crippen LogP contribution in [0.1, 0.15) is 32.8 Å². The number of alkyl carbamates (subject to hydrolysis) is 1. The highest BCUT2D eigenvalue weighted by molar-refractivity contribution is 5.72. The molecule has 0 aliphatic carbocycles. The van der Waals surface area contributed by atoms with Gasteiger partial charge in [-0.1, -0.05) is 54.6 Å². The minimum atomic E-state index is -1.57. The molecule has 6 nitrogen and oxygen atoms in total. The maximum Gasteiger partial charge on any atom is 0.407 e. The number of carbonyl (C=O) groups is 2. The third kappa shape index (κ3) is 7.04. The summed E-state index contributed by atoms with van der Waals surface area (Å²) < 4.78 is 5.25. The van der Waals surface area contributed by atoms with Gasteiger partial charge in [0.1, 0.15) is 5.60 Å². The minimum absolute atomic E-state index is 0.116. The third-order valence-corrected chi connectivity index (χ3v) is 4.06. The zero-order valence-corrected chi connectivity index (χ0v) is 16.4. The topological polar surface area (TPSA) is 95.9 Å². The normalized spacial score (nSPS) is 13.4. The second kappa shape index (κ2) is 9.37. The minimum Gasteiger partial charge on any atom is -0.479 e. The molecule has 28 heavy (non-hydrogen) atoms. The Morgan fingerprint density at radius 3 is 2.11 bits per heavy atom. The average Bonchev–Trinajstić information content (AvgIpc) is 2.61. The maximum atomic E-state index is 12.1. The van der Waals surface area contributed by atoms with Crippen LogP contribution in [0.5, 0.6) is 0 Å². The second-order valence-corrected chi connectivity index (χ2v) is 7.70. The number of benzene rings is 2. The zero-order chi connectivity index (χ0) is 20.7. The molecule has 6 heteroatoms. The lowest BCUT2D eigenvalue weighted by molar-refractivity contribution is -0.147. The Morgan fingerprint density at radius 1 is 1.00 bits per heavy atom. The third-order valence-electron chi connectivity index (χ3n) is 4.06. The summed E-state index contributed by atoms with van der Waals surface area (Å²) in [5.41, 5.74) is 2.40. The lowest BCUT2D eigenvalue weighted by Gasteiger charge is -2.24. The van der Waals surface area contributed by atoms with Gasteiger partial charge in [-0.25, -0.2) is 9.59 Å². The fraction of sp³-hybridized carbons (Fsp3) is 0.364. The molecule has 0 saturated carbocycles. The number of amides is 1. The first kappa shape index (κ1) is 21.4. The number of hydrogen-bond donors (Lipinski definition) is 3. The average molecular weight is 385 g/mol. The van der Waals surface area contributed by atoms with Gasteiger partial charge >= 0.3 is 12.1 Å². The van der Waals surface area contributed by atoms with Crippen molar-refractivity contribution in [2.75, 3.05) is 0 Å². The molecule has 0 aliphatic rings. The zero-order valence-electron chi connectivity index (χ0n) is 16.4. The molecule has 0 fully saturated rings. The molecule has 0 aliphatic heterocycles. The van der Waals surface area contributed by atoms with E-state index in [2.05, 4.69) is 5.32 Å². The highest BCUT2D eigenvalue weighted by Crippen LogP contribution is 2.20. The number of rotatable bonds is 7. The molecule has 2 aromatic rings. The standard InChI is InChI=1S/C22H27NO5/c1-22(2,3)28-21(27)23-18(14-19(24)20(25)26)13-15-9-11-17(12-10-15)16-7-5-4-6-8-16/h4-12,18-19,24H,13-14H2,1-3H3,(H,23,27)(H,25,26)/t18-,19-/m1/s1. The van der Waals surface area contributed by atoms with Crippen molar-refractivity contribution >= 4 is 12.1 Å². The van der Waals surface area contributed by atoms with Crippen molar-refractivity contribution in [1.29, 1.82) is 0 Å². The van der Waals surface area contributed by atoms with Crippen molar-refractivity contribution < 1.29 is 24.5 Å². The quantitative estimate of drug-likeness (QED) is 0.676. The van der Waals surface area contributed by atoms with Gasteiger partial charge in [0.05, 0.1) is 0 Å². The van der Waals surface area contributed by atoms with Crippen LogP contribution < -0.4 is 5.32 Å². The number of aliphatic hydroxyl groups excluding tert-OH is 1. The second-order valence-electron chi connectivity index (χ2n) is 7.70. The van der Waals surface area contributed by atoms with E-state index in [1.54, 1.807) is 20.8 Å². The van der Waals surface area contributed by atoms with Crippen molar-refractivity contribution in [3.05, 3.63) is 60.2 Å². The van der Waals surface area contributed by atoms with Crippen molar-refractivity contribution in [1.82, 2.24) is 5.32 Å². The Kier molecular flexibility index (Phi) is 7.18. The highest BCUT2D eigenvalue weighted by atomic mass is 16.6. The van der Waals surface area contributed by atoms with Crippen LogP contribution in [0.25, 0.3) is 11.1 Å². The largest absolute Gasteiger partial charge is 0.479 e. The number of aliphatic hydroxyl groups is 1. The number of carbonyl (C=O) groups excluding carboxylic acids is 1. The molecule has 0 radical (unpaired) electrons. The summed E-state index contributed by atoms with van der Waals surface area (Å²) in [5, 5.41) is 21.4. The smallest absolute Gasteiger partial charge is 0.407 e. The summed E-state index contributed by atoms with van der Waals surface area (Å²) in [4.78, 5) is 23.1. The molecule has 0 saturated heterocycles. The van der Waals surface area contributed by atoms with E-state index < -0.39 is 29.8 Å². The molecule has 0 spiro atoms. The van der Waals surface area contributed by atoms with Gasteiger partial charge in [0, 0.05) is 12.5 Å². The Bertz CT molecular complexity index is 781. The summed E-state index contributed by atoms with van der Waals surface area (Å²) in [6.07, 6.45) is -1.95. The van der Waals surface area contributed by atoms with E-state index in [1.165, 1.54) is 0 Å². The van der Waals surface area contributed by atoms with E-state index in [0.29, 0.717) is 6.42 Å². The highest BCUT2D eigenvalue weighted by Gasteiger charge is 2.24. The van der Waals surface area contributed by atoms with Gasteiger partial charge in [0.25, 0.3) is 0 Å². The lowest BCUT2D eigenvalue weighted by atomic mass is 9.98. The van der Waals surface area contributed by atoms with Crippen LogP contribution in [0.2, 0.25) is 0 Å². The monoisotopic (exact) mass is 385 g/mol. The summed E-state index contributed by atoms with van der Waals surface area (Å²) >= 11 is 0. The SMILES string of the molecule is CC(C)(C)OC(=O)N[C@H](Cc1ccc(-c2ccccc2)cc1)C[C@@H](O)C(=O)O. The number of hydrogen-bond acceptors (Lipinski definition) is 4. The van der Waals surface area contributed by atoms with Gasteiger partial charge in [0.2, 0.25) is 0 Å². The molecule has 0 aromatic heterocycles. The van der Waals surface area contributed by atoms with Gasteiger partial charge in [0.15, 0.2) is 6.10 Å². The molecule has 0 bridgehead atoms. The van der Waals surface area contributed by atoms with Gasteiger partial charge < -0.3 is 20.3 Å². The summed E-state index contributed by atoms with van der Waals surface area (Å²) in [5.74, 6) is -1.32. The first-order valence-electron chi connectivity index (χ1n) is 9.19. The van der Waals surface area contributed by atoms with Crippen molar-refractivity contribution in [2.24, 2.45) is 0 Å². The molecule has 3 N–H and O–H groups in total. The molecule has 1 amide bonds. The Balaban J connectivity index is 2.10. The Hall–Kier alpha value is -2.86. The van der Waals surface area contributed by atoms with Crippen LogP contribution >= 0.6 is 0 Å². The van der Waals surface area contributed by atoms with Crippen LogP contribution in [0.4, 0.5) is 4.79 Å². The number of nitrogens with one attached hydrogen (secondary N) is 1. The van der Waals surface area contributed by atoms with E-state index in [0.717, 1.165) is 16.7 Å². The van der Waals surface area contributed by atoms with Crippen molar-refractivity contribution in [2.45, 2.75) is 51.4 Å². The first-order valence-corrected chi connectivity index (χ1v) is 9.19. The molecule has 150 valence electrons. The number of carboxylic acid groups (broad SMARTS) is 1. The summed E-state index contributed by atoms with van der Waals surface area (Å²) in [7, 11) is 0. The van der Waals surface area contributed by atoms with Gasteiger partial charge in [-0.3, -0.25) is 0 Å². The van der Waals surface area contributed by atoms with Crippen LogP contribution in [-0.4, -0.2) is 40.0 Å². The van der Waals surface area contributed by atoms with E-state index in [1.807, 2.05) is 54.6 Å². The predicted molar refractivity (Wildman–Crippen MR) is 107 cm³/mol. The molecule has 2 aromatic carbocycles. The molecule has 0 heterocycles. The fourth-order valence-corrected chi connectivity index (χ4v) is 2.79. The fourth-order valence-electron chi connectivity index (χ4n) is 2.79. The number of ether oxygens (including phenoxy) is 1. The Labute approximate surface area is 165 Å².